The lowest BCUT2D eigenvalue weighted by Crippen LogP contribution is -2.47. The number of amides is 2. The Bertz CT molecular complexity index is 577. The van der Waals surface area contributed by atoms with Crippen molar-refractivity contribution in [2.45, 2.75) is 31.8 Å². The van der Waals surface area contributed by atoms with Crippen LogP contribution in [0.4, 0.5) is 4.79 Å². The molecule has 2 amide bonds. The van der Waals surface area contributed by atoms with E-state index in [1.54, 1.807) is 4.90 Å². The molecule has 0 aliphatic carbocycles. The number of aliphatic carboxylic acids is 1. The first-order valence-corrected chi connectivity index (χ1v) is 6.90. The predicted molar refractivity (Wildman–Crippen MR) is 78.6 cm³/mol. The summed E-state index contributed by atoms with van der Waals surface area (Å²) in [6.45, 7) is 1.09. The molecule has 1 aliphatic heterocycles. The first-order chi connectivity index (χ1) is 10.1. The van der Waals surface area contributed by atoms with Crippen molar-refractivity contribution in [3.8, 4) is 12.3 Å². The summed E-state index contributed by atoms with van der Waals surface area (Å²) in [5.74, 6) is 1.16. The Hall–Kier alpha value is -2.48. The highest BCUT2D eigenvalue weighted by Crippen LogP contribution is 2.18. The van der Waals surface area contributed by atoms with Gasteiger partial charge in [0.1, 0.15) is 6.04 Å². The molecule has 1 aromatic rings. The van der Waals surface area contributed by atoms with Gasteiger partial charge in [-0.3, -0.25) is 0 Å². The molecule has 0 spiro atoms. The highest BCUT2D eigenvalue weighted by molar-refractivity contribution is 5.82. The molecule has 1 atom stereocenters. The zero-order valence-electron chi connectivity index (χ0n) is 11.7. The van der Waals surface area contributed by atoms with E-state index < -0.39 is 12.0 Å². The lowest BCUT2D eigenvalue weighted by atomic mass is 10.0. The van der Waals surface area contributed by atoms with Gasteiger partial charge < -0.3 is 15.3 Å². The molecule has 0 saturated heterocycles. The largest absolute Gasteiger partial charge is 0.480 e. The van der Waals surface area contributed by atoms with Crippen molar-refractivity contribution in [1.29, 1.82) is 0 Å². The number of hydrogen-bond acceptors (Lipinski definition) is 2. The fourth-order valence-corrected chi connectivity index (χ4v) is 2.43. The van der Waals surface area contributed by atoms with E-state index in [0.29, 0.717) is 13.1 Å². The summed E-state index contributed by atoms with van der Waals surface area (Å²) in [7, 11) is 0. The average Bonchev–Trinajstić information content (AvgIpc) is 2.68. The van der Waals surface area contributed by atoms with Gasteiger partial charge in [-0.2, -0.15) is 0 Å². The number of nitrogens with one attached hydrogen (secondary N) is 1. The van der Waals surface area contributed by atoms with Crippen LogP contribution in [0.3, 0.4) is 0 Å². The van der Waals surface area contributed by atoms with Gasteiger partial charge in [-0.15, -0.1) is 12.3 Å². The molecule has 5 nitrogen and oxygen atoms in total. The van der Waals surface area contributed by atoms with Crippen LogP contribution in [0.25, 0.3) is 0 Å². The van der Waals surface area contributed by atoms with Crippen LogP contribution >= 0.6 is 0 Å². The molecule has 1 unspecified atom stereocenters. The maximum absolute atomic E-state index is 12.2. The Morgan fingerprint density at radius 3 is 2.76 bits per heavy atom. The van der Waals surface area contributed by atoms with E-state index in [2.05, 4.69) is 17.3 Å². The number of carbonyl (C=O) groups excluding carboxylic acids is 1. The van der Waals surface area contributed by atoms with Crippen LogP contribution < -0.4 is 5.32 Å². The van der Waals surface area contributed by atoms with Gasteiger partial charge in [0, 0.05) is 19.5 Å². The number of hydrogen-bond donors (Lipinski definition) is 2. The number of terminal acetylenes is 1. The summed E-state index contributed by atoms with van der Waals surface area (Å²) in [4.78, 5) is 24.9. The Morgan fingerprint density at radius 2 is 2.10 bits per heavy atom. The Morgan fingerprint density at radius 1 is 1.38 bits per heavy atom. The summed E-state index contributed by atoms with van der Waals surface area (Å²) in [5, 5.41) is 11.5. The zero-order chi connectivity index (χ0) is 15.2. The lowest BCUT2D eigenvalue weighted by Gasteiger charge is -2.23. The number of nitrogens with zero attached hydrogens (tertiary/aromatic N) is 1. The number of urea groups is 1. The van der Waals surface area contributed by atoms with E-state index in [4.69, 9.17) is 11.5 Å². The third-order valence-corrected chi connectivity index (χ3v) is 3.56. The molecule has 2 N–H and O–H groups in total. The highest BCUT2D eigenvalue weighted by atomic mass is 16.4. The van der Waals surface area contributed by atoms with Crippen LogP contribution in [-0.4, -0.2) is 34.6 Å². The smallest absolute Gasteiger partial charge is 0.327 e. The van der Waals surface area contributed by atoms with Crippen molar-refractivity contribution in [2.75, 3.05) is 6.54 Å². The standard InChI is InChI=1S/C16H18N2O3/c1-2-6-14(15(19)20)17-16(21)18-10-5-9-12-7-3-4-8-13(12)11-18/h1,3-4,7-8,14H,5-6,9-11H2,(H,17,21)(H,19,20). The van der Waals surface area contributed by atoms with Crippen LogP contribution in [0, 0.1) is 12.3 Å². The topological polar surface area (TPSA) is 69.6 Å². The van der Waals surface area contributed by atoms with E-state index >= 15 is 0 Å². The molecule has 5 heteroatoms. The monoisotopic (exact) mass is 286 g/mol. The van der Waals surface area contributed by atoms with Crippen LogP contribution in [0.1, 0.15) is 24.0 Å². The second-order valence-electron chi connectivity index (χ2n) is 5.04. The molecular weight excluding hydrogens is 268 g/mol. The molecule has 1 aliphatic rings. The molecule has 0 fully saturated rings. The van der Waals surface area contributed by atoms with Crippen LogP contribution in [0.2, 0.25) is 0 Å². The molecule has 0 radical (unpaired) electrons. The van der Waals surface area contributed by atoms with Crippen molar-refractivity contribution in [2.24, 2.45) is 0 Å². The normalized spacial score (nSPS) is 15.3. The van der Waals surface area contributed by atoms with Crippen molar-refractivity contribution in [3.05, 3.63) is 35.4 Å². The van der Waals surface area contributed by atoms with Crippen molar-refractivity contribution in [1.82, 2.24) is 10.2 Å². The van der Waals surface area contributed by atoms with Crippen molar-refractivity contribution >= 4 is 12.0 Å². The highest BCUT2D eigenvalue weighted by Gasteiger charge is 2.24. The molecule has 110 valence electrons. The van der Waals surface area contributed by atoms with E-state index in [1.807, 2.05) is 18.2 Å². The van der Waals surface area contributed by atoms with E-state index in [-0.39, 0.29) is 12.5 Å². The summed E-state index contributed by atoms with van der Waals surface area (Å²) in [6, 6.07) is 6.57. The fourth-order valence-electron chi connectivity index (χ4n) is 2.43. The van der Waals surface area contributed by atoms with Crippen molar-refractivity contribution < 1.29 is 14.7 Å². The maximum atomic E-state index is 12.2. The summed E-state index contributed by atoms with van der Waals surface area (Å²) >= 11 is 0. The third kappa shape index (κ3) is 3.76. The number of carbonyl (C=O) groups is 2. The minimum absolute atomic E-state index is 0.0223. The number of carboxylic acid groups (broad SMARTS) is 1. The van der Waals surface area contributed by atoms with Gasteiger partial charge in [0.05, 0.1) is 0 Å². The van der Waals surface area contributed by atoms with E-state index in [0.717, 1.165) is 18.4 Å². The molecule has 0 bridgehead atoms. The van der Waals surface area contributed by atoms with Gasteiger partial charge in [-0.05, 0) is 24.0 Å². The Labute approximate surface area is 124 Å². The molecule has 1 aromatic carbocycles. The van der Waals surface area contributed by atoms with Gasteiger partial charge in [-0.1, -0.05) is 24.3 Å². The fraction of sp³-hybridized carbons (Fsp3) is 0.375. The minimum Gasteiger partial charge on any atom is -0.480 e. The second kappa shape index (κ2) is 6.80. The van der Waals surface area contributed by atoms with Crippen LogP contribution in [-0.2, 0) is 17.8 Å². The molecule has 21 heavy (non-hydrogen) atoms. The maximum Gasteiger partial charge on any atom is 0.327 e. The number of aryl methyl sites for hydroxylation is 1. The number of carboxylic acids is 1. The molecule has 0 aromatic heterocycles. The van der Waals surface area contributed by atoms with Gasteiger partial charge in [-0.25, -0.2) is 9.59 Å². The zero-order valence-corrected chi connectivity index (χ0v) is 11.7. The first kappa shape index (κ1) is 14.9. The van der Waals surface area contributed by atoms with E-state index in [1.165, 1.54) is 5.56 Å². The first-order valence-electron chi connectivity index (χ1n) is 6.90. The molecule has 2 rings (SSSR count). The van der Waals surface area contributed by atoms with E-state index in [9.17, 15) is 9.59 Å². The van der Waals surface area contributed by atoms with Crippen molar-refractivity contribution in [3.63, 3.8) is 0 Å². The number of benzene rings is 1. The minimum atomic E-state index is -1.11. The summed E-state index contributed by atoms with van der Waals surface area (Å²) in [5.41, 5.74) is 2.35. The molecule has 1 heterocycles. The lowest BCUT2D eigenvalue weighted by molar-refractivity contribution is -0.139. The number of fused-ring (bicyclic) bond motifs is 1. The van der Waals surface area contributed by atoms with Gasteiger partial charge in [0.15, 0.2) is 0 Å². The molecule has 0 saturated carbocycles. The molecular formula is C16H18N2O3. The summed E-state index contributed by atoms with van der Waals surface area (Å²) < 4.78 is 0. The van der Waals surface area contributed by atoms with Gasteiger partial charge >= 0.3 is 12.0 Å². The van der Waals surface area contributed by atoms with Gasteiger partial charge in [0.2, 0.25) is 0 Å². The van der Waals surface area contributed by atoms with Crippen LogP contribution in [0.15, 0.2) is 24.3 Å². The Kier molecular flexibility index (Phi) is 4.83. The Balaban J connectivity index is 2.06. The SMILES string of the molecule is C#CCC(NC(=O)N1CCCc2ccccc2C1)C(=O)O. The average molecular weight is 286 g/mol. The van der Waals surface area contributed by atoms with Crippen LogP contribution in [0.5, 0.6) is 0 Å². The summed E-state index contributed by atoms with van der Waals surface area (Å²) in [6.07, 6.45) is 6.89. The quantitative estimate of drug-likeness (QED) is 0.830. The number of rotatable bonds is 3. The predicted octanol–water partition coefficient (Wildman–Crippen LogP) is 1.62. The second-order valence-corrected chi connectivity index (χ2v) is 5.04. The van der Waals surface area contributed by atoms with Gasteiger partial charge in [0.25, 0.3) is 0 Å². The third-order valence-electron chi connectivity index (χ3n) is 3.56.